The van der Waals surface area contributed by atoms with Crippen molar-refractivity contribution in [3.8, 4) is 0 Å². The highest BCUT2D eigenvalue weighted by Crippen LogP contribution is 2.22. The van der Waals surface area contributed by atoms with Crippen LogP contribution in [0, 0.1) is 19.8 Å². The molecule has 1 amide bonds. The minimum Gasteiger partial charge on any atom is -0.381 e. The highest BCUT2D eigenvalue weighted by molar-refractivity contribution is 5.78. The van der Waals surface area contributed by atoms with Crippen molar-refractivity contribution in [1.82, 2.24) is 20.0 Å². The molecule has 1 aromatic heterocycles. The van der Waals surface area contributed by atoms with Crippen LogP contribution in [0.3, 0.4) is 0 Å². The Morgan fingerprint density at radius 2 is 2.04 bits per heavy atom. The predicted octanol–water partition coefficient (Wildman–Crippen LogP) is 0.834. The number of carbonyl (C=O) groups is 1. The summed E-state index contributed by atoms with van der Waals surface area (Å²) in [4.78, 5) is 15.2. The molecule has 146 valence electrons. The molecular weight excluding hydrogens is 330 g/mol. The quantitative estimate of drug-likeness (QED) is 0.810. The lowest BCUT2D eigenvalue weighted by Gasteiger charge is -2.35. The summed E-state index contributed by atoms with van der Waals surface area (Å²) in [6.45, 7) is 8.68. The molecule has 2 aliphatic heterocycles. The number of hydrogen-bond acceptors (Lipinski definition) is 5. The zero-order chi connectivity index (χ0) is 18.5. The number of amides is 1. The molecule has 0 bridgehead atoms. The summed E-state index contributed by atoms with van der Waals surface area (Å²) in [5, 5.41) is 7.56. The van der Waals surface area contributed by atoms with E-state index in [2.05, 4.69) is 21.4 Å². The summed E-state index contributed by atoms with van der Waals surface area (Å²) in [6, 6.07) is 2.71. The summed E-state index contributed by atoms with van der Waals surface area (Å²) in [5.74, 6) is 0.171. The third-order valence-corrected chi connectivity index (χ3v) is 5.61. The van der Waals surface area contributed by atoms with E-state index in [0.717, 1.165) is 63.4 Å². The number of rotatable bonds is 5. The SMILES string of the molecule is Cc1cc(C)n(CCNC(=O)[C@@H]2CC[C@H](N)CN(C3CCOCC3)C2)n1. The molecule has 1 aromatic rings. The van der Waals surface area contributed by atoms with Crippen LogP contribution in [0.2, 0.25) is 0 Å². The number of nitrogens with zero attached hydrogens (tertiary/aromatic N) is 3. The van der Waals surface area contributed by atoms with Gasteiger partial charge in [0.15, 0.2) is 0 Å². The van der Waals surface area contributed by atoms with Crippen LogP contribution in [-0.4, -0.2) is 65.5 Å². The number of aromatic nitrogens is 2. The van der Waals surface area contributed by atoms with Crippen LogP contribution in [-0.2, 0) is 16.1 Å². The van der Waals surface area contributed by atoms with Gasteiger partial charge in [0.05, 0.1) is 18.2 Å². The molecule has 3 rings (SSSR count). The van der Waals surface area contributed by atoms with Crippen LogP contribution >= 0.6 is 0 Å². The van der Waals surface area contributed by atoms with Crippen molar-refractivity contribution >= 4 is 5.91 Å². The number of aryl methyl sites for hydroxylation is 2. The average Bonchev–Trinajstić information content (AvgIpc) is 2.82. The van der Waals surface area contributed by atoms with Crippen LogP contribution < -0.4 is 11.1 Å². The number of nitrogens with one attached hydrogen (secondary N) is 1. The molecule has 3 N–H and O–H groups in total. The maximum absolute atomic E-state index is 12.7. The fraction of sp³-hybridized carbons (Fsp3) is 0.789. The van der Waals surface area contributed by atoms with Gasteiger partial charge in [-0.2, -0.15) is 5.10 Å². The topological polar surface area (TPSA) is 85.4 Å². The van der Waals surface area contributed by atoms with E-state index in [1.165, 1.54) is 0 Å². The molecule has 0 saturated carbocycles. The van der Waals surface area contributed by atoms with Gasteiger partial charge in [0.25, 0.3) is 0 Å². The average molecular weight is 364 g/mol. The Labute approximate surface area is 156 Å². The second-order valence-corrected chi connectivity index (χ2v) is 7.77. The Morgan fingerprint density at radius 3 is 2.73 bits per heavy atom. The van der Waals surface area contributed by atoms with Gasteiger partial charge in [0.1, 0.15) is 0 Å². The molecule has 3 heterocycles. The Balaban J connectivity index is 1.52. The Bertz CT molecular complexity index is 597. The van der Waals surface area contributed by atoms with Crippen molar-refractivity contribution in [2.75, 3.05) is 32.8 Å². The van der Waals surface area contributed by atoms with E-state index in [9.17, 15) is 4.79 Å². The van der Waals surface area contributed by atoms with Gasteiger partial charge in [0.2, 0.25) is 5.91 Å². The molecule has 0 radical (unpaired) electrons. The highest BCUT2D eigenvalue weighted by Gasteiger charge is 2.31. The summed E-state index contributed by atoms with van der Waals surface area (Å²) in [7, 11) is 0. The first kappa shape index (κ1) is 19.3. The fourth-order valence-corrected chi connectivity index (χ4v) is 4.15. The Hall–Kier alpha value is -1.44. The minimum atomic E-state index is 0.0202. The second kappa shape index (κ2) is 8.97. The molecular formula is C19H33N5O2. The third-order valence-electron chi connectivity index (χ3n) is 5.61. The number of nitrogens with two attached hydrogens (primary N) is 1. The van der Waals surface area contributed by atoms with Crippen molar-refractivity contribution in [2.24, 2.45) is 11.7 Å². The van der Waals surface area contributed by atoms with E-state index in [0.29, 0.717) is 19.1 Å². The second-order valence-electron chi connectivity index (χ2n) is 7.77. The molecule has 0 aromatic carbocycles. The van der Waals surface area contributed by atoms with E-state index >= 15 is 0 Å². The number of carbonyl (C=O) groups excluding carboxylic acids is 1. The molecule has 26 heavy (non-hydrogen) atoms. The van der Waals surface area contributed by atoms with Gasteiger partial charge in [-0.1, -0.05) is 0 Å². The number of hydrogen-bond donors (Lipinski definition) is 2. The van der Waals surface area contributed by atoms with Gasteiger partial charge in [-0.25, -0.2) is 0 Å². The van der Waals surface area contributed by atoms with E-state index < -0.39 is 0 Å². The summed E-state index contributed by atoms with van der Waals surface area (Å²) in [6.07, 6.45) is 3.86. The zero-order valence-electron chi connectivity index (χ0n) is 16.1. The summed E-state index contributed by atoms with van der Waals surface area (Å²) >= 11 is 0. The van der Waals surface area contributed by atoms with Gasteiger partial charge >= 0.3 is 0 Å². The third kappa shape index (κ3) is 5.05. The summed E-state index contributed by atoms with van der Waals surface area (Å²) < 4.78 is 7.44. The molecule has 7 nitrogen and oxygen atoms in total. The highest BCUT2D eigenvalue weighted by atomic mass is 16.5. The van der Waals surface area contributed by atoms with Crippen LogP contribution in [0.1, 0.15) is 37.1 Å². The number of likely N-dealkylation sites (tertiary alicyclic amines) is 1. The van der Waals surface area contributed by atoms with Gasteiger partial charge in [-0.3, -0.25) is 14.4 Å². The Morgan fingerprint density at radius 1 is 1.27 bits per heavy atom. The van der Waals surface area contributed by atoms with Crippen molar-refractivity contribution in [1.29, 1.82) is 0 Å². The number of ether oxygens (including phenoxy) is 1. The van der Waals surface area contributed by atoms with Crippen molar-refractivity contribution in [3.05, 3.63) is 17.5 Å². The van der Waals surface area contributed by atoms with E-state index in [-0.39, 0.29) is 17.9 Å². The summed E-state index contributed by atoms with van der Waals surface area (Å²) in [5.41, 5.74) is 8.41. The van der Waals surface area contributed by atoms with Crippen molar-refractivity contribution < 1.29 is 9.53 Å². The minimum absolute atomic E-state index is 0.0202. The van der Waals surface area contributed by atoms with Gasteiger partial charge < -0.3 is 15.8 Å². The molecule has 2 atom stereocenters. The van der Waals surface area contributed by atoms with Gasteiger partial charge in [-0.15, -0.1) is 0 Å². The molecule has 0 unspecified atom stereocenters. The predicted molar refractivity (Wildman–Crippen MR) is 101 cm³/mol. The largest absolute Gasteiger partial charge is 0.381 e. The smallest absolute Gasteiger partial charge is 0.224 e. The van der Waals surface area contributed by atoms with Crippen LogP contribution in [0.25, 0.3) is 0 Å². The molecule has 0 spiro atoms. The molecule has 2 aliphatic rings. The van der Waals surface area contributed by atoms with Gasteiger partial charge in [0, 0.05) is 50.6 Å². The first-order chi connectivity index (χ1) is 12.5. The lowest BCUT2D eigenvalue weighted by Crippen LogP contribution is -2.47. The first-order valence-electron chi connectivity index (χ1n) is 9.89. The van der Waals surface area contributed by atoms with E-state index in [1.807, 2.05) is 18.5 Å². The van der Waals surface area contributed by atoms with Crippen LogP contribution in [0.5, 0.6) is 0 Å². The molecule has 0 aliphatic carbocycles. The molecule has 7 heteroatoms. The van der Waals surface area contributed by atoms with Gasteiger partial charge in [-0.05, 0) is 45.6 Å². The molecule has 2 saturated heterocycles. The monoisotopic (exact) mass is 363 g/mol. The van der Waals surface area contributed by atoms with Crippen molar-refractivity contribution in [2.45, 2.75) is 58.2 Å². The molecule has 2 fully saturated rings. The maximum atomic E-state index is 12.7. The normalized spacial score (nSPS) is 25.8. The lowest BCUT2D eigenvalue weighted by molar-refractivity contribution is -0.126. The Kier molecular flexibility index (Phi) is 6.67. The van der Waals surface area contributed by atoms with E-state index in [4.69, 9.17) is 10.5 Å². The van der Waals surface area contributed by atoms with Crippen LogP contribution in [0.4, 0.5) is 0 Å². The lowest BCUT2D eigenvalue weighted by atomic mass is 10.0. The first-order valence-corrected chi connectivity index (χ1v) is 9.89. The van der Waals surface area contributed by atoms with E-state index in [1.54, 1.807) is 0 Å². The fourth-order valence-electron chi connectivity index (χ4n) is 4.15. The standard InChI is InChI=1S/C19H33N5O2/c1-14-11-15(2)24(22-14)8-7-21-19(25)16-3-4-17(20)13-23(12-16)18-5-9-26-10-6-18/h11,16-18H,3-10,12-13,20H2,1-2H3,(H,21,25)/t16-,17+/m1/s1. The maximum Gasteiger partial charge on any atom is 0.224 e. The van der Waals surface area contributed by atoms with Crippen molar-refractivity contribution in [3.63, 3.8) is 0 Å². The van der Waals surface area contributed by atoms with Crippen LogP contribution in [0.15, 0.2) is 6.07 Å². The zero-order valence-corrected chi connectivity index (χ0v) is 16.1.